The molecule has 1 aliphatic rings. The van der Waals surface area contributed by atoms with Crippen LogP contribution in [0.4, 0.5) is 0 Å². The van der Waals surface area contributed by atoms with Crippen molar-refractivity contribution in [3.8, 4) is 5.75 Å². The van der Waals surface area contributed by atoms with Gasteiger partial charge in [0.15, 0.2) is 17.0 Å². The molecule has 5 heteroatoms. The number of hydrogen-bond donors (Lipinski definition) is 0. The number of hydrogen-bond acceptors (Lipinski definition) is 5. The molecule has 25 heavy (non-hydrogen) atoms. The van der Waals surface area contributed by atoms with E-state index in [9.17, 15) is 14.4 Å². The van der Waals surface area contributed by atoms with Gasteiger partial charge in [-0.25, -0.2) is 0 Å². The summed E-state index contributed by atoms with van der Waals surface area (Å²) in [4.78, 5) is 37.5. The second kappa shape index (κ2) is 5.56. The molecule has 5 nitrogen and oxygen atoms in total. The molecule has 0 saturated heterocycles. The van der Waals surface area contributed by atoms with Gasteiger partial charge in [0.2, 0.25) is 0 Å². The fourth-order valence-electron chi connectivity index (χ4n) is 2.91. The maximum atomic E-state index is 12.6. The Morgan fingerprint density at radius 2 is 1.64 bits per heavy atom. The highest BCUT2D eigenvalue weighted by atomic mass is 16.5. The van der Waals surface area contributed by atoms with E-state index in [-0.39, 0.29) is 28.1 Å². The lowest BCUT2D eigenvalue weighted by Crippen LogP contribution is -2.08. The summed E-state index contributed by atoms with van der Waals surface area (Å²) in [6.07, 6.45) is 2.56. The number of benzene rings is 2. The summed E-state index contributed by atoms with van der Waals surface area (Å²) in [6, 6.07) is 11.5. The third kappa shape index (κ3) is 2.29. The largest absolute Gasteiger partial charge is 0.497 e. The van der Waals surface area contributed by atoms with Gasteiger partial charge in [-0.15, -0.1) is 0 Å². The highest BCUT2D eigenvalue weighted by Gasteiger charge is 2.32. The first-order valence-electron chi connectivity index (χ1n) is 7.60. The van der Waals surface area contributed by atoms with Crippen LogP contribution in [0.15, 0.2) is 63.5 Å². The Balaban J connectivity index is 1.85. The Kier molecular flexibility index (Phi) is 3.35. The van der Waals surface area contributed by atoms with Gasteiger partial charge in [0.05, 0.1) is 23.6 Å². The Bertz CT molecular complexity index is 1100. The first kappa shape index (κ1) is 15.1. The number of fused-ring (bicyclic) bond motifs is 2. The molecular weight excluding hydrogens is 320 g/mol. The molecule has 0 fully saturated rings. The molecule has 0 spiro atoms. The SMILES string of the molecule is COc1ccc2c(=O)c(C=C3C(=O)c4ccccc4C3=O)coc2c1. The smallest absolute Gasteiger partial charge is 0.199 e. The van der Waals surface area contributed by atoms with Gasteiger partial charge in [0.1, 0.15) is 17.6 Å². The number of carbonyl (C=O) groups is 2. The first-order valence-corrected chi connectivity index (χ1v) is 7.60. The van der Waals surface area contributed by atoms with Crippen LogP contribution in [0.1, 0.15) is 26.3 Å². The van der Waals surface area contributed by atoms with E-state index >= 15 is 0 Å². The average molecular weight is 332 g/mol. The molecular formula is C20H12O5. The van der Waals surface area contributed by atoms with E-state index in [2.05, 4.69) is 0 Å². The number of allylic oxidation sites excluding steroid dienone is 1. The normalized spacial score (nSPS) is 13.2. The Hall–Kier alpha value is -3.47. The predicted molar refractivity (Wildman–Crippen MR) is 92.1 cm³/mol. The summed E-state index contributed by atoms with van der Waals surface area (Å²) in [6.45, 7) is 0. The maximum Gasteiger partial charge on any atom is 0.199 e. The van der Waals surface area contributed by atoms with Crippen LogP contribution in [0.25, 0.3) is 17.0 Å². The molecule has 0 atom stereocenters. The van der Waals surface area contributed by atoms with E-state index in [0.29, 0.717) is 27.8 Å². The summed E-state index contributed by atoms with van der Waals surface area (Å²) in [5.41, 5.74) is 0.901. The van der Waals surface area contributed by atoms with Gasteiger partial charge < -0.3 is 9.15 Å². The van der Waals surface area contributed by atoms with Gasteiger partial charge in [-0.05, 0) is 18.2 Å². The molecule has 0 amide bonds. The van der Waals surface area contributed by atoms with Crippen molar-refractivity contribution >= 4 is 28.6 Å². The number of methoxy groups -OCH3 is 1. The molecule has 3 aromatic rings. The lowest BCUT2D eigenvalue weighted by Gasteiger charge is -2.02. The molecule has 0 unspecified atom stereocenters. The number of Topliss-reactive ketones (excluding diaryl/α,β-unsaturated/α-hetero) is 2. The summed E-state index contributed by atoms with van der Waals surface area (Å²) in [5, 5.41) is 0.352. The fourth-order valence-corrected chi connectivity index (χ4v) is 2.91. The number of rotatable bonds is 2. The highest BCUT2D eigenvalue weighted by molar-refractivity contribution is 6.41. The first-order chi connectivity index (χ1) is 12.1. The van der Waals surface area contributed by atoms with Gasteiger partial charge in [0, 0.05) is 17.2 Å². The molecule has 0 N–H and O–H groups in total. The van der Waals surface area contributed by atoms with Crippen LogP contribution in [0.5, 0.6) is 5.75 Å². The average Bonchev–Trinajstić information content (AvgIpc) is 2.89. The topological polar surface area (TPSA) is 73.6 Å². The minimum atomic E-state index is -0.380. The molecule has 1 aliphatic carbocycles. The molecule has 2 aromatic carbocycles. The van der Waals surface area contributed by atoms with Gasteiger partial charge >= 0.3 is 0 Å². The molecule has 1 heterocycles. The zero-order valence-corrected chi connectivity index (χ0v) is 13.2. The zero-order valence-electron chi connectivity index (χ0n) is 13.2. The van der Waals surface area contributed by atoms with Crippen LogP contribution in [-0.2, 0) is 0 Å². The van der Waals surface area contributed by atoms with Crippen molar-refractivity contribution in [2.75, 3.05) is 7.11 Å². The lowest BCUT2D eigenvalue weighted by atomic mass is 10.1. The van der Waals surface area contributed by atoms with Gasteiger partial charge in [-0.2, -0.15) is 0 Å². The van der Waals surface area contributed by atoms with Crippen LogP contribution in [-0.4, -0.2) is 18.7 Å². The van der Waals surface area contributed by atoms with Crippen molar-refractivity contribution in [1.82, 2.24) is 0 Å². The quantitative estimate of drug-likeness (QED) is 0.532. The molecule has 0 saturated carbocycles. The van der Waals surface area contributed by atoms with Crippen LogP contribution < -0.4 is 10.2 Å². The molecule has 4 rings (SSSR count). The van der Waals surface area contributed by atoms with Crippen molar-refractivity contribution in [2.24, 2.45) is 0 Å². The van der Waals surface area contributed by atoms with Gasteiger partial charge in [-0.1, -0.05) is 24.3 Å². The summed E-state index contributed by atoms with van der Waals surface area (Å²) in [5.74, 6) is -0.192. The van der Waals surface area contributed by atoms with E-state index in [0.717, 1.165) is 0 Å². The standard InChI is InChI=1S/C20H12O5/c1-24-12-6-7-15-17(9-12)25-10-11(18(15)21)8-16-19(22)13-4-2-3-5-14(13)20(16)23/h2-10H,1H3. The second-order valence-electron chi connectivity index (χ2n) is 5.64. The summed E-state index contributed by atoms with van der Waals surface area (Å²) >= 11 is 0. The highest BCUT2D eigenvalue weighted by Crippen LogP contribution is 2.27. The van der Waals surface area contributed by atoms with E-state index in [1.54, 1.807) is 42.5 Å². The number of ketones is 2. The van der Waals surface area contributed by atoms with Crippen molar-refractivity contribution < 1.29 is 18.7 Å². The van der Waals surface area contributed by atoms with Gasteiger partial charge in [0.25, 0.3) is 0 Å². The number of ether oxygens (including phenoxy) is 1. The number of carbonyl (C=O) groups excluding carboxylic acids is 2. The van der Waals surface area contributed by atoms with Crippen molar-refractivity contribution in [3.63, 3.8) is 0 Å². The van der Waals surface area contributed by atoms with Gasteiger partial charge in [-0.3, -0.25) is 14.4 Å². The second-order valence-corrected chi connectivity index (χ2v) is 5.64. The molecule has 0 radical (unpaired) electrons. The monoisotopic (exact) mass is 332 g/mol. The molecule has 0 bridgehead atoms. The molecule has 0 aliphatic heterocycles. The Morgan fingerprint density at radius 1 is 0.960 bits per heavy atom. The summed E-state index contributed by atoms with van der Waals surface area (Å²) < 4.78 is 10.6. The maximum absolute atomic E-state index is 12.6. The third-order valence-electron chi connectivity index (χ3n) is 4.21. The Labute approximate surface area is 142 Å². The van der Waals surface area contributed by atoms with Crippen LogP contribution >= 0.6 is 0 Å². The molecule has 1 aromatic heterocycles. The van der Waals surface area contributed by atoms with Crippen molar-refractivity contribution in [3.05, 3.63) is 81.2 Å². The van der Waals surface area contributed by atoms with Crippen molar-refractivity contribution in [1.29, 1.82) is 0 Å². The minimum absolute atomic E-state index is 0.0265. The predicted octanol–water partition coefficient (Wildman–Crippen LogP) is 3.26. The lowest BCUT2D eigenvalue weighted by molar-refractivity contribution is 0.0990. The molecule has 122 valence electrons. The fraction of sp³-hybridized carbons (Fsp3) is 0.0500. The van der Waals surface area contributed by atoms with Crippen LogP contribution in [0.2, 0.25) is 0 Å². The zero-order chi connectivity index (χ0) is 17.6. The van der Waals surface area contributed by atoms with E-state index < -0.39 is 0 Å². The Morgan fingerprint density at radius 3 is 2.28 bits per heavy atom. The minimum Gasteiger partial charge on any atom is -0.497 e. The van der Waals surface area contributed by atoms with Crippen molar-refractivity contribution in [2.45, 2.75) is 0 Å². The van der Waals surface area contributed by atoms with E-state index in [1.807, 2.05) is 0 Å². The van der Waals surface area contributed by atoms with Crippen LogP contribution in [0, 0.1) is 0 Å². The summed E-state index contributed by atoms with van der Waals surface area (Å²) in [7, 11) is 1.52. The van der Waals surface area contributed by atoms with Crippen LogP contribution in [0.3, 0.4) is 0 Å². The third-order valence-corrected chi connectivity index (χ3v) is 4.21. The van der Waals surface area contributed by atoms with E-state index in [4.69, 9.17) is 9.15 Å². The van der Waals surface area contributed by atoms with E-state index in [1.165, 1.54) is 19.4 Å².